The van der Waals surface area contributed by atoms with Crippen molar-refractivity contribution in [3.05, 3.63) is 101 Å². The minimum Gasteiger partial charge on any atom is -0.465 e. The predicted octanol–water partition coefficient (Wildman–Crippen LogP) is 6.60. The molecule has 1 aromatic heterocycles. The molecular formula is C31H34ClNO4Si. The Bertz CT molecular complexity index is 1340. The fourth-order valence-corrected chi connectivity index (χ4v) is 9.94. The average Bonchev–Trinajstić information content (AvgIpc) is 3.28. The average molecular weight is 548 g/mol. The molecule has 0 N–H and O–H groups in total. The van der Waals surface area contributed by atoms with Crippen molar-refractivity contribution in [2.24, 2.45) is 0 Å². The molecule has 0 bridgehead atoms. The van der Waals surface area contributed by atoms with E-state index in [2.05, 4.69) is 74.5 Å². The molecule has 0 unspecified atom stereocenters. The van der Waals surface area contributed by atoms with Gasteiger partial charge in [0.2, 0.25) is 0 Å². The normalized spacial score (nSPS) is 11.9. The molecule has 4 rings (SSSR count). The lowest BCUT2D eigenvalue weighted by molar-refractivity contribution is 0.0601. The van der Waals surface area contributed by atoms with Gasteiger partial charge in [-0.15, -0.1) is 0 Å². The van der Waals surface area contributed by atoms with Crippen LogP contribution < -0.4 is 10.4 Å². The highest BCUT2D eigenvalue weighted by Gasteiger charge is 2.49. The molecule has 0 amide bonds. The minimum atomic E-state index is -2.62. The molecular weight excluding hydrogens is 514 g/mol. The van der Waals surface area contributed by atoms with Crippen LogP contribution in [-0.4, -0.2) is 33.2 Å². The van der Waals surface area contributed by atoms with Gasteiger partial charge in [-0.3, -0.25) is 0 Å². The Balaban J connectivity index is 1.62. The van der Waals surface area contributed by atoms with E-state index in [1.165, 1.54) is 17.5 Å². The molecule has 4 aromatic rings. The summed E-state index contributed by atoms with van der Waals surface area (Å²) in [5.74, 6) is 0.255. The van der Waals surface area contributed by atoms with E-state index in [9.17, 15) is 4.79 Å². The van der Waals surface area contributed by atoms with Crippen molar-refractivity contribution in [1.82, 2.24) is 5.16 Å². The molecule has 0 fully saturated rings. The summed E-state index contributed by atoms with van der Waals surface area (Å²) < 4.78 is 17.8. The van der Waals surface area contributed by atoms with Crippen LogP contribution in [0.1, 0.15) is 49.0 Å². The van der Waals surface area contributed by atoms with Crippen LogP contribution in [0, 0.1) is 6.92 Å². The van der Waals surface area contributed by atoms with Crippen molar-refractivity contribution in [2.45, 2.75) is 45.6 Å². The third-order valence-corrected chi connectivity index (χ3v) is 12.2. The summed E-state index contributed by atoms with van der Waals surface area (Å²) in [5.41, 5.74) is 2.59. The number of carbonyl (C=O) groups is 1. The third-order valence-electron chi connectivity index (χ3n) is 6.87. The summed E-state index contributed by atoms with van der Waals surface area (Å²) in [7, 11) is -1.26. The highest BCUT2D eigenvalue weighted by Crippen LogP contribution is 2.37. The Morgan fingerprint density at radius 3 is 2.13 bits per heavy atom. The van der Waals surface area contributed by atoms with Crippen LogP contribution in [0.15, 0.2) is 83.4 Å². The topological polar surface area (TPSA) is 61.6 Å². The van der Waals surface area contributed by atoms with Crippen molar-refractivity contribution >= 4 is 36.3 Å². The number of nitrogens with zero attached hydrogens (tertiary/aromatic N) is 1. The van der Waals surface area contributed by atoms with Gasteiger partial charge in [0.25, 0.3) is 8.32 Å². The van der Waals surface area contributed by atoms with Crippen molar-refractivity contribution in [1.29, 1.82) is 0 Å². The SMILES string of the molecule is COC(=O)c1cc(Cl)ccc1-c1c(C)noc1CCCO[Si](c1ccccc1)(c1ccccc1)C(C)(C)C. The zero-order valence-electron chi connectivity index (χ0n) is 22.6. The Morgan fingerprint density at radius 1 is 0.974 bits per heavy atom. The van der Waals surface area contributed by atoms with Gasteiger partial charge in [-0.1, -0.05) is 104 Å². The Morgan fingerprint density at radius 2 is 1.58 bits per heavy atom. The van der Waals surface area contributed by atoms with E-state index in [1.807, 2.05) is 25.1 Å². The summed E-state index contributed by atoms with van der Waals surface area (Å²) in [6.07, 6.45) is 1.34. The first-order valence-corrected chi connectivity index (χ1v) is 15.1. The molecule has 1 heterocycles. The lowest BCUT2D eigenvalue weighted by atomic mass is 9.96. The van der Waals surface area contributed by atoms with E-state index in [1.54, 1.807) is 12.1 Å². The van der Waals surface area contributed by atoms with Crippen LogP contribution in [0.3, 0.4) is 0 Å². The van der Waals surface area contributed by atoms with Gasteiger partial charge in [-0.25, -0.2) is 4.79 Å². The molecule has 0 saturated carbocycles. The van der Waals surface area contributed by atoms with Gasteiger partial charge < -0.3 is 13.7 Å². The fourth-order valence-electron chi connectivity index (χ4n) is 5.17. The van der Waals surface area contributed by atoms with Crippen molar-refractivity contribution in [2.75, 3.05) is 13.7 Å². The van der Waals surface area contributed by atoms with Crippen molar-refractivity contribution in [3.8, 4) is 11.1 Å². The van der Waals surface area contributed by atoms with E-state index in [0.717, 1.165) is 12.0 Å². The van der Waals surface area contributed by atoms with E-state index < -0.39 is 14.3 Å². The fraction of sp³-hybridized carbons (Fsp3) is 0.290. The van der Waals surface area contributed by atoms with Gasteiger partial charge in [0.15, 0.2) is 0 Å². The molecule has 38 heavy (non-hydrogen) atoms. The molecule has 7 heteroatoms. The van der Waals surface area contributed by atoms with Gasteiger partial charge in [0.05, 0.1) is 18.4 Å². The van der Waals surface area contributed by atoms with Gasteiger partial charge in [0, 0.05) is 29.2 Å². The first kappa shape index (κ1) is 27.8. The third kappa shape index (κ3) is 5.48. The summed E-state index contributed by atoms with van der Waals surface area (Å²) >= 11 is 6.18. The molecule has 0 spiro atoms. The van der Waals surface area contributed by atoms with E-state index in [4.69, 9.17) is 25.3 Å². The van der Waals surface area contributed by atoms with Crippen LogP contribution >= 0.6 is 11.6 Å². The van der Waals surface area contributed by atoms with Crippen LogP contribution in [0.2, 0.25) is 10.1 Å². The number of hydrogen-bond acceptors (Lipinski definition) is 5. The molecule has 5 nitrogen and oxygen atoms in total. The summed E-state index contributed by atoms with van der Waals surface area (Å²) in [6, 6.07) is 26.4. The quantitative estimate of drug-likeness (QED) is 0.134. The molecule has 0 aliphatic heterocycles. The number of aryl methyl sites for hydroxylation is 2. The van der Waals surface area contributed by atoms with E-state index in [-0.39, 0.29) is 5.04 Å². The first-order valence-electron chi connectivity index (χ1n) is 12.8. The number of halogens is 1. The van der Waals surface area contributed by atoms with E-state index >= 15 is 0 Å². The number of methoxy groups -OCH3 is 1. The lowest BCUT2D eigenvalue weighted by Crippen LogP contribution is -2.66. The van der Waals surface area contributed by atoms with Crippen LogP contribution in [-0.2, 0) is 15.6 Å². The largest absolute Gasteiger partial charge is 0.465 e. The second-order valence-corrected chi connectivity index (χ2v) is 15.1. The van der Waals surface area contributed by atoms with Gasteiger partial charge in [0.1, 0.15) is 5.76 Å². The van der Waals surface area contributed by atoms with Crippen molar-refractivity contribution < 1.29 is 18.5 Å². The lowest BCUT2D eigenvalue weighted by Gasteiger charge is -2.43. The van der Waals surface area contributed by atoms with E-state index in [0.29, 0.717) is 40.6 Å². The van der Waals surface area contributed by atoms with Crippen molar-refractivity contribution in [3.63, 3.8) is 0 Å². The maximum Gasteiger partial charge on any atom is 0.338 e. The maximum atomic E-state index is 12.5. The van der Waals surface area contributed by atoms with Crippen LogP contribution in [0.5, 0.6) is 0 Å². The predicted molar refractivity (Wildman–Crippen MR) is 155 cm³/mol. The molecule has 198 valence electrons. The number of benzene rings is 3. The molecule has 0 radical (unpaired) electrons. The highest BCUT2D eigenvalue weighted by atomic mass is 35.5. The molecule has 3 aromatic carbocycles. The standard InChI is InChI=1S/C31H34ClNO4Si/c1-22-29(26-19-18-23(32)21-27(26)30(34)35-5)28(37-33-22)17-12-20-36-38(31(2,3)4,24-13-8-6-9-14-24)25-15-10-7-11-16-25/h6-11,13-16,18-19,21H,12,17,20H2,1-5H3. The zero-order chi connectivity index (χ0) is 27.3. The summed E-state index contributed by atoms with van der Waals surface area (Å²) in [6.45, 7) is 9.23. The van der Waals surface area contributed by atoms with Crippen LogP contribution in [0.4, 0.5) is 0 Å². The smallest absolute Gasteiger partial charge is 0.338 e. The van der Waals surface area contributed by atoms with Gasteiger partial charge in [-0.2, -0.15) is 0 Å². The number of rotatable bonds is 9. The van der Waals surface area contributed by atoms with Gasteiger partial charge >= 0.3 is 5.97 Å². The molecule has 0 atom stereocenters. The number of ether oxygens (including phenoxy) is 1. The summed E-state index contributed by atoms with van der Waals surface area (Å²) in [4.78, 5) is 12.5. The number of aromatic nitrogens is 1. The Hall–Kier alpha value is -3.19. The summed E-state index contributed by atoms with van der Waals surface area (Å²) in [5, 5.41) is 7.08. The molecule has 0 aliphatic rings. The number of carbonyl (C=O) groups excluding carboxylic acids is 1. The monoisotopic (exact) mass is 547 g/mol. The highest BCUT2D eigenvalue weighted by molar-refractivity contribution is 6.99. The second kappa shape index (κ2) is 11.7. The second-order valence-electron chi connectivity index (χ2n) is 10.4. The molecule has 0 saturated heterocycles. The number of esters is 1. The zero-order valence-corrected chi connectivity index (χ0v) is 24.3. The molecule has 0 aliphatic carbocycles. The Kier molecular flexibility index (Phi) is 8.56. The van der Waals surface area contributed by atoms with Crippen LogP contribution in [0.25, 0.3) is 11.1 Å². The Labute approximate surface area is 230 Å². The maximum absolute atomic E-state index is 12.5. The first-order chi connectivity index (χ1) is 18.2. The number of hydrogen-bond donors (Lipinski definition) is 0. The van der Waals surface area contributed by atoms with Gasteiger partial charge in [-0.05, 0) is 40.9 Å². The minimum absolute atomic E-state index is 0.0948.